The Bertz CT molecular complexity index is 423. The van der Waals surface area contributed by atoms with E-state index in [1.807, 2.05) is 0 Å². The molecule has 0 fully saturated rings. The quantitative estimate of drug-likeness (QED) is 0.282. The molecule has 1 heterocycles. The lowest BCUT2D eigenvalue weighted by Gasteiger charge is -2.04. The molecule has 148 valence electrons. The van der Waals surface area contributed by atoms with Gasteiger partial charge in [0.15, 0.2) is 0 Å². The molecule has 0 saturated carbocycles. The van der Waals surface area contributed by atoms with Crippen LogP contribution < -0.4 is 0 Å². The molecule has 0 radical (unpaired) electrons. The molecule has 1 aliphatic heterocycles. The van der Waals surface area contributed by atoms with Crippen molar-refractivity contribution in [3.63, 3.8) is 0 Å². The van der Waals surface area contributed by atoms with Crippen LogP contribution in [0.25, 0.3) is 0 Å². The van der Waals surface area contributed by atoms with Gasteiger partial charge in [-0.25, -0.2) is 0 Å². The first kappa shape index (κ1) is 22.7. The molecule has 1 rings (SSSR count). The number of carbonyl (C=O) groups excluding carboxylic acids is 2. The molecule has 3 heteroatoms. The molecule has 1 aliphatic rings. The lowest BCUT2D eigenvalue weighted by atomic mass is 10.0. The first-order chi connectivity index (χ1) is 12.8. The number of carbonyl (C=O) groups is 2. The highest BCUT2D eigenvalue weighted by atomic mass is 16.5. The zero-order valence-corrected chi connectivity index (χ0v) is 16.6. The molecule has 26 heavy (non-hydrogen) atoms. The Kier molecular flexibility index (Phi) is 14.9. The van der Waals surface area contributed by atoms with Crippen molar-refractivity contribution in [1.82, 2.24) is 0 Å². The van der Waals surface area contributed by atoms with Gasteiger partial charge in [0.2, 0.25) is 0 Å². The van der Waals surface area contributed by atoms with E-state index in [0.717, 1.165) is 32.1 Å². The summed E-state index contributed by atoms with van der Waals surface area (Å²) in [5.41, 5.74) is 0. The second kappa shape index (κ2) is 17.1. The van der Waals surface area contributed by atoms with Crippen LogP contribution in [0.1, 0.15) is 103 Å². The average molecular weight is 363 g/mol. The van der Waals surface area contributed by atoms with Crippen LogP contribution in [0.5, 0.6) is 0 Å². The van der Waals surface area contributed by atoms with Crippen LogP contribution in [0.4, 0.5) is 0 Å². The summed E-state index contributed by atoms with van der Waals surface area (Å²) in [6, 6.07) is 0. The third kappa shape index (κ3) is 14.9. The number of ether oxygens (including phenoxy) is 1. The summed E-state index contributed by atoms with van der Waals surface area (Å²) >= 11 is 0. The number of cyclic esters (lactones) is 1. The fraction of sp³-hybridized carbons (Fsp3) is 0.739. The van der Waals surface area contributed by atoms with Crippen molar-refractivity contribution in [2.45, 2.75) is 103 Å². The predicted octanol–water partition coefficient (Wildman–Crippen LogP) is 6.47. The maximum Gasteiger partial charge on any atom is 0.313 e. The van der Waals surface area contributed by atoms with Crippen LogP contribution in [0.15, 0.2) is 24.3 Å². The fourth-order valence-electron chi connectivity index (χ4n) is 3.20. The molecule has 0 aromatic heterocycles. The van der Waals surface area contributed by atoms with Gasteiger partial charge in [-0.15, -0.1) is 0 Å². The summed E-state index contributed by atoms with van der Waals surface area (Å²) in [4.78, 5) is 23.4. The highest BCUT2D eigenvalue weighted by Crippen LogP contribution is 2.13. The molecule has 0 aliphatic carbocycles. The molecule has 0 saturated heterocycles. The Balaban J connectivity index is 2.26. The molecule has 0 aromatic carbocycles. The normalized spacial score (nSPS) is 24.2. The maximum absolute atomic E-state index is 11.8. The first-order valence-corrected chi connectivity index (χ1v) is 10.8. The molecular weight excluding hydrogens is 324 g/mol. The third-order valence-electron chi connectivity index (χ3n) is 4.80. The molecule has 0 aromatic rings. The van der Waals surface area contributed by atoms with Crippen molar-refractivity contribution in [2.24, 2.45) is 0 Å². The minimum Gasteiger partial charge on any atom is -0.465 e. The van der Waals surface area contributed by atoms with Crippen molar-refractivity contribution >= 4 is 11.8 Å². The van der Waals surface area contributed by atoms with Gasteiger partial charge < -0.3 is 4.74 Å². The lowest BCUT2D eigenvalue weighted by molar-refractivity contribution is -0.145. The number of hydrogen-bond acceptors (Lipinski definition) is 3. The standard InChI is InChI=1S/C23H38O3/c24-22-19-17-15-13-11-9-7-5-3-1-2-4-6-8-10-12-14-16-18-20-26-23(25)21-22/h6,8,14,16H,1-5,7,9-13,15,17-21H2/b8-6+,16-14+. The summed E-state index contributed by atoms with van der Waals surface area (Å²) in [5, 5.41) is 0. The second-order valence-corrected chi connectivity index (χ2v) is 7.32. The van der Waals surface area contributed by atoms with Gasteiger partial charge in [0.05, 0.1) is 6.61 Å². The molecule has 0 bridgehead atoms. The average Bonchev–Trinajstić information content (AvgIpc) is 2.62. The molecule has 0 unspecified atom stereocenters. The fourth-order valence-corrected chi connectivity index (χ4v) is 3.20. The smallest absolute Gasteiger partial charge is 0.313 e. The van der Waals surface area contributed by atoms with Crippen LogP contribution >= 0.6 is 0 Å². The monoisotopic (exact) mass is 362 g/mol. The zero-order chi connectivity index (χ0) is 18.7. The largest absolute Gasteiger partial charge is 0.465 e. The molecular formula is C23H38O3. The van der Waals surface area contributed by atoms with Gasteiger partial charge in [0.25, 0.3) is 0 Å². The van der Waals surface area contributed by atoms with Gasteiger partial charge in [-0.2, -0.15) is 0 Å². The van der Waals surface area contributed by atoms with E-state index in [-0.39, 0.29) is 18.2 Å². The summed E-state index contributed by atoms with van der Waals surface area (Å²) in [5.74, 6) is -0.354. The van der Waals surface area contributed by atoms with Gasteiger partial charge in [-0.05, 0) is 38.5 Å². The Morgan fingerprint density at radius 3 is 1.73 bits per heavy atom. The molecule has 0 N–H and O–H groups in total. The number of rotatable bonds is 0. The Hall–Kier alpha value is -1.38. The van der Waals surface area contributed by atoms with Crippen LogP contribution in [0.3, 0.4) is 0 Å². The Morgan fingerprint density at radius 2 is 1.08 bits per heavy atom. The second-order valence-electron chi connectivity index (χ2n) is 7.32. The highest BCUT2D eigenvalue weighted by molar-refractivity contribution is 5.95. The van der Waals surface area contributed by atoms with Crippen LogP contribution in [0, 0.1) is 0 Å². The summed E-state index contributed by atoms with van der Waals surface area (Å²) in [6.07, 6.45) is 25.8. The van der Waals surface area contributed by atoms with Crippen molar-refractivity contribution in [1.29, 1.82) is 0 Å². The van der Waals surface area contributed by atoms with Crippen molar-refractivity contribution in [3.8, 4) is 0 Å². The molecule has 0 amide bonds. The SMILES string of the molecule is O=C1CCCCCCCCCCCC/C=C/CC/C=C/CCOC(=O)C1. The van der Waals surface area contributed by atoms with E-state index < -0.39 is 0 Å². The Labute approximate surface area is 160 Å². The van der Waals surface area contributed by atoms with E-state index in [4.69, 9.17) is 4.74 Å². The van der Waals surface area contributed by atoms with Crippen LogP contribution in [-0.4, -0.2) is 18.4 Å². The van der Waals surface area contributed by atoms with Gasteiger partial charge >= 0.3 is 5.97 Å². The molecule has 0 spiro atoms. The number of Topliss-reactive ketones (excluding diaryl/α,β-unsaturated/α-hetero) is 1. The van der Waals surface area contributed by atoms with Gasteiger partial charge in [-0.1, -0.05) is 75.7 Å². The van der Waals surface area contributed by atoms with E-state index in [2.05, 4.69) is 24.3 Å². The zero-order valence-electron chi connectivity index (χ0n) is 16.6. The van der Waals surface area contributed by atoms with Crippen LogP contribution in [-0.2, 0) is 14.3 Å². The lowest BCUT2D eigenvalue weighted by Crippen LogP contribution is -2.11. The van der Waals surface area contributed by atoms with Gasteiger partial charge in [-0.3, -0.25) is 9.59 Å². The maximum atomic E-state index is 11.8. The van der Waals surface area contributed by atoms with E-state index in [9.17, 15) is 9.59 Å². The van der Waals surface area contributed by atoms with E-state index in [1.54, 1.807) is 0 Å². The topological polar surface area (TPSA) is 43.4 Å². The summed E-state index contributed by atoms with van der Waals surface area (Å²) < 4.78 is 5.13. The van der Waals surface area contributed by atoms with Crippen molar-refractivity contribution < 1.29 is 14.3 Å². The van der Waals surface area contributed by atoms with E-state index in [0.29, 0.717) is 13.0 Å². The predicted molar refractivity (Wildman–Crippen MR) is 108 cm³/mol. The molecule has 3 nitrogen and oxygen atoms in total. The highest BCUT2D eigenvalue weighted by Gasteiger charge is 2.10. The summed E-state index contributed by atoms with van der Waals surface area (Å²) in [7, 11) is 0. The number of esters is 1. The summed E-state index contributed by atoms with van der Waals surface area (Å²) in [6.45, 7) is 0.373. The first-order valence-electron chi connectivity index (χ1n) is 10.8. The van der Waals surface area contributed by atoms with Crippen LogP contribution in [0.2, 0.25) is 0 Å². The van der Waals surface area contributed by atoms with Crippen molar-refractivity contribution in [3.05, 3.63) is 24.3 Å². The molecule has 0 atom stereocenters. The minimum absolute atomic E-state index is 0.0202. The van der Waals surface area contributed by atoms with Crippen molar-refractivity contribution in [2.75, 3.05) is 6.61 Å². The minimum atomic E-state index is -0.374. The van der Waals surface area contributed by atoms with E-state index in [1.165, 1.54) is 57.8 Å². The van der Waals surface area contributed by atoms with E-state index >= 15 is 0 Å². The number of hydrogen-bond donors (Lipinski definition) is 0. The number of allylic oxidation sites excluding steroid dienone is 3. The van der Waals surface area contributed by atoms with Gasteiger partial charge in [0.1, 0.15) is 12.2 Å². The number of ketones is 1. The Morgan fingerprint density at radius 1 is 0.577 bits per heavy atom. The third-order valence-corrected chi connectivity index (χ3v) is 4.80. The van der Waals surface area contributed by atoms with Gasteiger partial charge in [0, 0.05) is 6.42 Å².